The number of hydrogen-bond donors (Lipinski definition) is 1. The van der Waals surface area contributed by atoms with Crippen LogP contribution in [0, 0.1) is 29.6 Å². The van der Waals surface area contributed by atoms with E-state index in [1.165, 1.54) is 37.7 Å². The number of anilines is 1. The van der Waals surface area contributed by atoms with E-state index in [2.05, 4.69) is 38.9 Å². The summed E-state index contributed by atoms with van der Waals surface area (Å²) in [6, 6.07) is 0.585. The van der Waals surface area contributed by atoms with Crippen LogP contribution in [0.15, 0.2) is 6.33 Å². The molecule has 0 unspecified atom stereocenters. The summed E-state index contributed by atoms with van der Waals surface area (Å²) >= 11 is 0. The third-order valence-corrected chi connectivity index (χ3v) is 9.78. The van der Waals surface area contributed by atoms with Gasteiger partial charge in [0.1, 0.15) is 12.1 Å². The van der Waals surface area contributed by atoms with Gasteiger partial charge < -0.3 is 10.2 Å². The van der Waals surface area contributed by atoms with Crippen molar-refractivity contribution in [3.8, 4) is 0 Å². The molecule has 0 radical (unpaired) electrons. The fourth-order valence-electron chi connectivity index (χ4n) is 8.03. The van der Waals surface area contributed by atoms with E-state index < -0.39 is 0 Å². The molecule has 3 heterocycles. The zero-order valence-electron chi connectivity index (χ0n) is 21.1. The zero-order valence-corrected chi connectivity index (χ0v) is 21.1. The monoisotopic (exact) mass is 466 g/mol. The molecule has 1 aromatic rings. The van der Waals surface area contributed by atoms with Gasteiger partial charge in [-0.1, -0.05) is 0 Å². The van der Waals surface area contributed by atoms with Crippen LogP contribution in [0.2, 0.25) is 0 Å². The van der Waals surface area contributed by atoms with Gasteiger partial charge in [-0.15, -0.1) is 0 Å². The molecule has 0 spiro atoms. The van der Waals surface area contributed by atoms with E-state index >= 15 is 0 Å². The van der Waals surface area contributed by atoms with Gasteiger partial charge in [0, 0.05) is 50.9 Å². The Hall–Kier alpha value is -1.73. The summed E-state index contributed by atoms with van der Waals surface area (Å²) < 4.78 is 0. The van der Waals surface area contributed by atoms with Crippen LogP contribution < -0.4 is 5.32 Å². The standard InChI is InChI=1S/C27H42N6O/c1-18(2)32-7-5-31(6-8-32)16-26(34)33-4-3-23-25(15-33)29-17-30-27(23)28-14-24-21-10-19-9-20(12-21)13-22(24)11-19/h17-22,24H,3-16H2,1-2H3,(H,28,29,30). The quantitative estimate of drug-likeness (QED) is 0.696. The highest BCUT2D eigenvalue weighted by Crippen LogP contribution is 2.56. The molecule has 34 heavy (non-hydrogen) atoms. The average molecular weight is 467 g/mol. The molecule has 1 aromatic heterocycles. The van der Waals surface area contributed by atoms with Crippen LogP contribution >= 0.6 is 0 Å². The molecule has 1 amide bonds. The Balaban J connectivity index is 1.04. The van der Waals surface area contributed by atoms with Gasteiger partial charge >= 0.3 is 0 Å². The fourth-order valence-corrected chi connectivity index (χ4v) is 8.03. The van der Waals surface area contributed by atoms with Crippen molar-refractivity contribution in [3.05, 3.63) is 17.6 Å². The van der Waals surface area contributed by atoms with Gasteiger partial charge in [-0.3, -0.25) is 14.6 Å². The molecule has 1 saturated heterocycles. The first kappa shape index (κ1) is 22.7. The fraction of sp³-hybridized carbons (Fsp3) is 0.815. The SMILES string of the molecule is CC(C)N1CCN(CC(=O)N2CCc3c(ncnc3NCC3C4CC5CC(C4)CC3C5)C2)CC1. The number of nitrogens with one attached hydrogen (secondary N) is 1. The Morgan fingerprint density at radius 1 is 1.00 bits per heavy atom. The van der Waals surface area contributed by atoms with Gasteiger partial charge in [-0.25, -0.2) is 9.97 Å². The second-order valence-electron chi connectivity index (χ2n) is 12.1. The van der Waals surface area contributed by atoms with E-state index in [1.54, 1.807) is 6.33 Å². The third kappa shape index (κ3) is 4.46. The number of nitrogens with zero attached hydrogens (tertiary/aromatic N) is 5. The number of carbonyl (C=O) groups excluding carboxylic acids is 1. The molecular formula is C27H42N6O. The normalized spacial score (nSPS) is 33.4. The van der Waals surface area contributed by atoms with Crippen LogP contribution in [-0.4, -0.2) is 82.4 Å². The molecule has 4 bridgehead atoms. The van der Waals surface area contributed by atoms with Crippen LogP contribution in [-0.2, 0) is 17.8 Å². The first-order chi connectivity index (χ1) is 16.5. The summed E-state index contributed by atoms with van der Waals surface area (Å²) in [5.41, 5.74) is 2.27. The second-order valence-corrected chi connectivity index (χ2v) is 12.1. The van der Waals surface area contributed by atoms with E-state index in [1.807, 2.05) is 4.90 Å². The summed E-state index contributed by atoms with van der Waals surface area (Å²) in [7, 11) is 0. The van der Waals surface area contributed by atoms with Gasteiger partial charge in [-0.2, -0.15) is 0 Å². The van der Waals surface area contributed by atoms with Crippen molar-refractivity contribution in [2.45, 2.75) is 65.0 Å². The Kier molecular flexibility index (Phi) is 6.27. The van der Waals surface area contributed by atoms with Crippen molar-refractivity contribution in [3.63, 3.8) is 0 Å². The maximum atomic E-state index is 13.1. The van der Waals surface area contributed by atoms with E-state index in [0.29, 0.717) is 19.1 Å². The maximum Gasteiger partial charge on any atom is 0.237 e. The molecule has 6 aliphatic rings. The van der Waals surface area contributed by atoms with Crippen LogP contribution in [0.3, 0.4) is 0 Å². The number of aromatic nitrogens is 2. The molecular weight excluding hydrogens is 424 g/mol. The minimum atomic E-state index is 0.241. The Morgan fingerprint density at radius 3 is 2.38 bits per heavy atom. The van der Waals surface area contributed by atoms with Crippen molar-refractivity contribution in [2.24, 2.45) is 29.6 Å². The second kappa shape index (κ2) is 9.38. The summed E-state index contributed by atoms with van der Waals surface area (Å²) in [6.07, 6.45) is 9.91. The van der Waals surface area contributed by atoms with Gasteiger partial charge in [0.15, 0.2) is 0 Å². The maximum absolute atomic E-state index is 13.1. The highest BCUT2D eigenvalue weighted by atomic mass is 16.2. The van der Waals surface area contributed by atoms with Crippen LogP contribution in [0.5, 0.6) is 0 Å². The molecule has 7 nitrogen and oxygen atoms in total. The van der Waals surface area contributed by atoms with Crippen LogP contribution in [0.4, 0.5) is 5.82 Å². The molecule has 0 aromatic carbocycles. The molecule has 2 aliphatic heterocycles. The lowest BCUT2D eigenvalue weighted by atomic mass is 9.52. The summed E-state index contributed by atoms with van der Waals surface area (Å²) in [6.45, 7) is 11.6. The molecule has 0 atom stereocenters. The van der Waals surface area contributed by atoms with E-state index in [4.69, 9.17) is 0 Å². The van der Waals surface area contributed by atoms with Crippen molar-refractivity contribution in [1.82, 2.24) is 24.7 Å². The number of piperazine rings is 1. The minimum Gasteiger partial charge on any atom is -0.369 e. The Bertz CT molecular complexity index is 867. The number of amides is 1. The van der Waals surface area contributed by atoms with Gasteiger partial charge in [0.25, 0.3) is 0 Å². The topological polar surface area (TPSA) is 64.6 Å². The molecule has 7 rings (SSSR count). The molecule has 1 N–H and O–H groups in total. The largest absolute Gasteiger partial charge is 0.369 e. The predicted octanol–water partition coefficient (Wildman–Crippen LogP) is 2.87. The third-order valence-electron chi connectivity index (χ3n) is 9.78. The average Bonchev–Trinajstić information content (AvgIpc) is 2.83. The number of rotatable bonds is 6. The molecule has 4 saturated carbocycles. The van der Waals surface area contributed by atoms with Crippen molar-refractivity contribution in [2.75, 3.05) is 51.1 Å². The molecule has 4 aliphatic carbocycles. The Morgan fingerprint density at radius 2 is 1.71 bits per heavy atom. The smallest absolute Gasteiger partial charge is 0.237 e. The highest BCUT2D eigenvalue weighted by Gasteiger charge is 2.47. The zero-order chi connectivity index (χ0) is 23.2. The van der Waals surface area contributed by atoms with Crippen molar-refractivity contribution >= 4 is 11.7 Å². The summed E-state index contributed by atoms with van der Waals surface area (Å²) in [5, 5.41) is 3.76. The Labute approximate surface area is 204 Å². The lowest BCUT2D eigenvalue weighted by Crippen LogP contribution is -2.52. The first-order valence-electron chi connectivity index (χ1n) is 13.8. The summed E-state index contributed by atoms with van der Waals surface area (Å²) in [5.74, 6) is 5.98. The first-order valence-corrected chi connectivity index (χ1v) is 13.8. The van der Waals surface area contributed by atoms with Crippen LogP contribution in [0.1, 0.15) is 57.2 Å². The van der Waals surface area contributed by atoms with Crippen molar-refractivity contribution < 1.29 is 4.79 Å². The van der Waals surface area contributed by atoms with E-state index in [-0.39, 0.29) is 5.91 Å². The van der Waals surface area contributed by atoms with Gasteiger partial charge in [0.05, 0.1) is 18.8 Å². The molecule has 7 heteroatoms. The molecule has 5 fully saturated rings. The lowest BCUT2D eigenvalue weighted by Gasteiger charge is -2.54. The van der Waals surface area contributed by atoms with E-state index in [9.17, 15) is 4.79 Å². The van der Waals surface area contributed by atoms with Crippen LogP contribution in [0.25, 0.3) is 0 Å². The highest BCUT2D eigenvalue weighted by molar-refractivity contribution is 5.78. The van der Waals surface area contributed by atoms with Gasteiger partial charge in [-0.05, 0) is 82.0 Å². The molecule has 186 valence electrons. The van der Waals surface area contributed by atoms with Gasteiger partial charge in [0.2, 0.25) is 5.91 Å². The van der Waals surface area contributed by atoms with E-state index in [0.717, 1.165) is 86.8 Å². The lowest BCUT2D eigenvalue weighted by molar-refractivity contribution is -0.133. The number of fused-ring (bicyclic) bond motifs is 1. The predicted molar refractivity (Wildman–Crippen MR) is 133 cm³/mol. The minimum absolute atomic E-state index is 0.241. The van der Waals surface area contributed by atoms with Crippen molar-refractivity contribution in [1.29, 1.82) is 0 Å². The summed E-state index contributed by atoms with van der Waals surface area (Å²) in [4.78, 5) is 29.1. The number of carbonyl (C=O) groups is 1. The number of hydrogen-bond acceptors (Lipinski definition) is 6.